The van der Waals surface area contributed by atoms with Crippen LogP contribution in [0, 0.1) is 17.8 Å². The Kier molecular flexibility index (Phi) is 12.1. The molecule has 0 aromatic carbocycles. The van der Waals surface area contributed by atoms with Crippen molar-refractivity contribution >= 4 is 34.5 Å². The van der Waals surface area contributed by atoms with Gasteiger partial charge in [0.15, 0.2) is 0 Å². The molecule has 0 radical (unpaired) electrons. The fourth-order valence-corrected chi connectivity index (χ4v) is 3.56. The first kappa shape index (κ1) is 26.1. The zero-order valence-corrected chi connectivity index (χ0v) is 20.4. The number of allylic oxidation sites excluding steroid dienone is 1. The van der Waals surface area contributed by atoms with E-state index in [-0.39, 0.29) is 39.6 Å². The summed E-state index contributed by atoms with van der Waals surface area (Å²) in [6.07, 6.45) is 7.06. The van der Waals surface area contributed by atoms with Crippen molar-refractivity contribution in [2.75, 3.05) is 13.2 Å². The van der Waals surface area contributed by atoms with E-state index in [0.717, 1.165) is 13.0 Å². The molecule has 1 aliphatic heterocycles. The SMILES string of the molecule is CCOC(=O)/C=C/[C@H](C[C@@H]1CCNC1O)[C@H](CC=C(C)C)NC(=O)[C@@H](I)C(C)C. The van der Waals surface area contributed by atoms with Crippen molar-refractivity contribution in [1.29, 1.82) is 0 Å². The molecule has 1 fully saturated rings. The smallest absolute Gasteiger partial charge is 0.330 e. The van der Waals surface area contributed by atoms with Crippen molar-refractivity contribution in [3.8, 4) is 0 Å². The molecule has 6 nitrogen and oxygen atoms in total. The lowest BCUT2D eigenvalue weighted by Crippen LogP contribution is -2.45. The Morgan fingerprint density at radius 3 is 2.55 bits per heavy atom. The van der Waals surface area contributed by atoms with Gasteiger partial charge in [-0.1, -0.05) is 54.2 Å². The van der Waals surface area contributed by atoms with Gasteiger partial charge in [0.1, 0.15) is 6.23 Å². The minimum Gasteiger partial charge on any atom is -0.463 e. The molecule has 29 heavy (non-hydrogen) atoms. The first-order valence-electron chi connectivity index (χ1n) is 10.5. The molecular formula is C22H37IN2O4. The lowest BCUT2D eigenvalue weighted by molar-refractivity contribution is -0.137. The van der Waals surface area contributed by atoms with Crippen molar-refractivity contribution in [1.82, 2.24) is 10.6 Å². The molecule has 0 bridgehead atoms. The van der Waals surface area contributed by atoms with Crippen LogP contribution in [-0.2, 0) is 14.3 Å². The summed E-state index contributed by atoms with van der Waals surface area (Å²) in [4.78, 5) is 24.7. The molecule has 1 amide bonds. The van der Waals surface area contributed by atoms with E-state index >= 15 is 0 Å². The third-order valence-electron chi connectivity index (χ3n) is 5.12. The van der Waals surface area contributed by atoms with E-state index in [1.165, 1.54) is 11.6 Å². The summed E-state index contributed by atoms with van der Waals surface area (Å²) in [6, 6.07) is -0.160. The number of aliphatic hydroxyl groups is 1. The molecule has 0 spiro atoms. The van der Waals surface area contributed by atoms with E-state index < -0.39 is 6.23 Å². The van der Waals surface area contributed by atoms with Crippen LogP contribution in [-0.4, -0.2) is 46.3 Å². The average molecular weight is 520 g/mol. The molecule has 1 heterocycles. The van der Waals surface area contributed by atoms with Crippen LogP contribution in [0.2, 0.25) is 0 Å². The Balaban J connectivity index is 3.08. The number of carbonyl (C=O) groups excluding carboxylic acids is 2. The predicted octanol–water partition coefficient (Wildman–Crippen LogP) is 3.34. The quantitative estimate of drug-likeness (QED) is 0.128. The van der Waals surface area contributed by atoms with Gasteiger partial charge in [0.25, 0.3) is 0 Å². The largest absolute Gasteiger partial charge is 0.463 e. The number of rotatable bonds is 11. The van der Waals surface area contributed by atoms with Crippen LogP contribution in [0.15, 0.2) is 23.8 Å². The zero-order valence-electron chi connectivity index (χ0n) is 18.3. The summed E-state index contributed by atoms with van der Waals surface area (Å²) in [5.74, 6) is -0.155. The van der Waals surface area contributed by atoms with Gasteiger partial charge in [-0.25, -0.2) is 4.79 Å². The van der Waals surface area contributed by atoms with E-state index in [0.29, 0.717) is 19.4 Å². The lowest BCUT2D eigenvalue weighted by atomic mass is 9.85. The Labute approximate surface area is 189 Å². The molecule has 1 unspecified atom stereocenters. The second-order valence-corrected chi connectivity index (χ2v) is 9.58. The number of esters is 1. The van der Waals surface area contributed by atoms with Gasteiger partial charge >= 0.3 is 5.97 Å². The monoisotopic (exact) mass is 520 g/mol. The van der Waals surface area contributed by atoms with Gasteiger partial charge in [-0.15, -0.1) is 0 Å². The number of alkyl halides is 1. The van der Waals surface area contributed by atoms with Crippen LogP contribution in [0.1, 0.15) is 53.9 Å². The lowest BCUT2D eigenvalue weighted by Gasteiger charge is -2.29. The highest BCUT2D eigenvalue weighted by atomic mass is 127. The maximum atomic E-state index is 12.8. The number of aliphatic hydroxyl groups excluding tert-OH is 1. The predicted molar refractivity (Wildman–Crippen MR) is 125 cm³/mol. The normalized spacial score (nSPS) is 22.3. The molecule has 0 aromatic rings. The molecule has 0 aromatic heterocycles. The topological polar surface area (TPSA) is 87.7 Å². The molecule has 1 rings (SSSR count). The number of nitrogens with one attached hydrogen (secondary N) is 2. The fourth-order valence-electron chi connectivity index (χ4n) is 3.38. The van der Waals surface area contributed by atoms with Crippen molar-refractivity contribution < 1.29 is 19.4 Å². The molecule has 0 aliphatic carbocycles. The molecule has 1 saturated heterocycles. The standard InChI is InChI=1S/C22H37IN2O4/c1-6-29-19(26)10-8-16(13-17-11-12-24-21(17)27)18(9-7-14(2)3)25-22(28)20(23)15(4)5/h7-8,10,15-18,20-21,24,27H,6,9,11-13H2,1-5H3,(H,25,28)/b10-8+/t16-,17+,18+,20+,21?/m1/s1. The van der Waals surface area contributed by atoms with Gasteiger partial charge in [-0.3, -0.25) is 10.1 Å². The molecular weight excluding hydrogens is 483 g/mol. The van der Waals surface area contributed by atoms with Crippen molar-refractivity contribution in [3.63, 3.8) is 0 Å². The Hall–Kier alpha value is -0.930. The van der Waals surface area contributed by atoms with E-state index in [9.17, 15) is 14.7 Å². The minimum atomic E-state index is -0.554. The summed E-state index contributed by atoms with van der Waals surface area (Å²) in [6.45, 7) is 11.0. The Morgan fingerprint density at radius 2 is 2.03 bits per heavy atom. The van der Waals surface area contributed by atoms with Crippen LogP contribution < -0.4 is 10.6 Å². The van der Waals surface area contributed by atoms with E-state index in [4.69, 9.17) is 4.74 Å². The second kappa shape index (κ2) is 13.4. The van der Waals surface area contributed by atoms with Gasteiger partial charge in [0.05, 0.1) is 10.5 Å². The van der Waals surface area contributed by atoms with Crippen LogP contribution in [0.25, 0.3) is 0 Å². The van der Waals surface area contributed by atoms with Gasteiger partial charge in [0.2, 0.25) is 5.91 Å². The highest BCUT2D eigenvalue weighted by molar-refractivity contribution is 14.1. The minimum absolute atomic E-state index is 0.00684. The van der Waals surface area contributed by atoms with E-state index in [2.05, 4.69) is 39.3 Å². The number of hydrogen-bond donors (Lipinski definition) is 3. The maximum Gasteiger partial charge on any atom is 0.330 e. The molecule has 0 saturated carbocycles. The highest BCUT2D eigenvalue weighted by Gasteiger charge is 2.31. The number of hydrogen-bond acceptors (Lipinski definition) is 5. The number of halogens is 1. The third kappa shape index (κ3) is 9.61. The van der Waals surface area contributed by atoms with Crippen molar-refractivity contribution in [2.45, 2.75) is 70.1 Å². The van der Waals surface area contributed by atoms with Crippen LogP contribution in [0.3, 0.4) is 0 Å². The second-order valence-electron chi connectivity index (χ2n) is 8.24. The number of carbonyl (C=O) groups is 2. The molecule has 7 heteroatoms. The summed E-state index contributed by atoms with van der Waals surface area (Å²) in [7, 11) is 0. The molecule has 166 valence electrons. The van der Waals surface area contributed by atoms with Gasteiger partial charge in [0, 0.05) is 18.0 Å². The first-order valence-corrected chi connectivity index (χ1v) is 11.7. The van der Waals surface area contributed by atoms with Crippen LogP contribution in [0.4, 0.5) is 0 Å². The van der Waals surface area contributed by atoms with Crippen LogP contribution >= 0.6 is 22.6 Å². The first-order chi connectivity index (χ1) is 13.6. The number of amides is 1. The molecule has 1 aliphatic rings. The summed E-state index contributed by atoms with van der Waals surface area (Å²) >= 11 is 2.18. The van der Waals surface area contributed by atoms with Crippen LogP contribution in [0.5, 0.6) is 0 Å². The summed E-state index contributed by atoms with van der Waals surface area (Å²) in [5.41, 5.74) is 1.18. The van der Waals surface area contributed by atoms with E-state index in [1.807, 2.05) is 33.8 Å². The third-order valence-corrected chi connectivity index (χ3v) is 7.12. The maximum absolute atomic E-state index is 12.8. The Morgan fingerprint density at radius 1 is 1.34 bits per heavy atom. The molecule has 3 N–H and O–H groups in total. The average Bonchev–Trinajstić information content (AvgIpc) is 3.05. The summed E-state index contributed by atoms with van der Waals surface area (Å²) < 4.78 is 4.89. The van der Waals surface area contributed by atoms with E-state index in [1.54, 1.807) is 6.92 Å². The van der Waals surface area contributed by atoms with Crippen molar-refractivity contribution in [2.24, 2.45) is 17.8 Å². The van der Waals surface area contributed by atoms with Gasteiger partial charge in [-0.05, 0) is 58.4 Å². The highest BCUT2D eigenvalue weighted by Crippen LogP contribution is 2.27. The fraction of sp³-hybridized carbons (Fsp3) is 0.727. The zero-order chi connectivity index (χ0) is 22.0. The van der Waals surface area contributed by atoms with Gasteiger partial charge in [-0.2, -0.15) is 0 Å². The van der Waals surface area contributed by atoms with Crippen molar-refractivity contribution in [3.05, 3.63) is 23.8 Å². The molecule has 5 atom stereocenters. The van der Waals surface area contributed by atoms with Gasteiger partial charge < -0.3 is 15.2 Å². The number of ether oxygens (including phenoxy) is 1. The summed E-state index contributed by atoms with van der Waals surface area (Å²) in [5, 5.41) is 16.5. The Bertz CT molecular complexity index is 587.